The van der Waals surface area contributed by atoms with Gasteiger partial charge < -0.3 is 10.4 Å². The average molecular weight is 241 g/mol. The Morgan fingerprint density at radius 3 is 2.56 bits per heavy atom. The quantitative estimate of drug-likeness (QED) is 0.843. The molecule has 2 heteroatoms. The maximum absolute atomic E-state index is 10.1. The second-order valence-electron chi connectivity index (χ2n) is 4.55. The van der Waals surface area contributed by atoms with Crippen LogP contribution in [0.4, 0.5) is 0 Å². The summed E-state index contributed by atoms with van der Waals surface area (Å²) in [6.07, 6.45) is -0.450. The lowest BCUT2D eigenvalue weighted by molar-refractivity contribution is 0.174. The van der Waals surface area contributed by atoms with Crippen LogP contribution in [0, 0.1) is 6.92 Å². The van der Waals surface area contributed by atoms with E-state index in [1.54, 1.807) is 0 Å². The van der Waals surface area contributed by atoms with Gasteiger partial charge in [0.1, 0.15) is 0 Å². The number of aliphatic hydroxyl groups is 1. The van der Waals surface area contributed by atoms with Crippen LogP contribution in [0.5, 0.6) is 0 Å². The van der Waals surface area contributed by atoms with E-state index in [9.17, 15) is 5.11 Å². The first-order chi connectivity index (χ1) is 8.75. The highest BCUT2D eigenvalue weighted by molar-refractivity contribution is 5.24. The fraction of sp³-hybridized carbons (Fsp3) is 0.250. The van der Waals surface area contributed by atoms with Crippen molar-refractivity contribution in [2.24, 2.45) is 0 Å². The number of hydrogen-bond acceptors (Lipinski definition) is 2. The van der Waals surface area contributed by atoms with E-state index in [1.807, 2.05) is 49.4 Å². The molecule has 2 N–H and O–H groups in total. The monoisotopic (exact) mass is 241 g/mol. The molecule has 0 saturated heterocycles. The molecule has 0 spiro atoms. The van der Waals surface area contributed by atoms with Crippen LogP contribution < -0.4 is 5.32 Å². The van der Waals surface area contributed by atoms with Crippen LogP contribution in [0.3, 0.4) is 0 Å². The lowest BCUT2D eigenvalue weighted by atomic mass is 10.1. The lowest BCUT2D eigenvalue weighted by Crippen LogP contribution is -2.21. The van der Waals surface area contributed by atoms with Crippen molar-refractivity contribution in [1.29, 1.82) is 0 Å². The van der Waals surface area contributed by atoms with Gasteiger partial charge >= 0.3 is 0 Å². The zero-order valence-electron chi connectivity index (χ0n) is 10.6. The van der Waals surface area contributed by atoms with E-state index in [1.165, 1.54) is 11.1 Å². The Labute approximate surface area is 108 Å². The van der Waals surface area contributed by atoms with Gasteiger partial charge in [-0.1, -0.05) is 60.2 Å². The van der Waals surface area contributed by atoms with Gasteiger partial charge in [0, 0.05) is 13.1 Å². The maximum atomic E-state index is 10.1. The number of hydrogen-bond donors (Lipinski definition) is 2. The first-order valence-corrected chi connectivity index (χ1v) is 6.25. The van der Waals surface area contributed by atoms with Crippen LogP contribution >= 0.6 is 0 Å². The van der Waals surface area contributed by atoms with Crippen molar-refractivity contribution < 1.29 is 5.11 Å². The van der Waals surface area contributed by atoms with E-state index >= 15 is 0 Å². The van der Waals surface area contributed by atoms with E-state index < -0.39 is 6.10 Å². The van der Waals surface area contributed by atoms with Crippen molar-refractivity contribution in [3.05, 3.63) is 71.3 Å². The molecule has 0 bridgehead atoms. The summed E-state index contributed by atoms with van der Waals surface area (Å²) in [4.78, 5) is 0. The minimum absolute atomic E-state index is 0.450. The Morgan fingerprint density at radius 2 is 1.83 bits per heavy atom. The smallest absolute Gasteiger partial charge is 0.0914 e. The SMILES string of the molecule is Cc1cccc([C@@H](O)CNCc2ccccc2)c1. The number of benzene rings is 2. The fourth-order valence-corrected chi connectivity index (χ4v) is 1.94. The Balaban J connectivity index is 1.83. The molecule has 0 aliphatic rings. The van der Waals surface area contributed by atoms with Crippen molar-refractivity contribution in [2.45, 2.75) is 19.6 Å². The van der Waals surface area contributed by atoms with Crippen molar-refractivity contribution in [3.8, 4) is 0 Å². The van der Waals surface area contributed by atoms with Crippen molar-refractivity contribution >= 4 is 0 Å². The predicted molar refractivity (Wildman–Crippen MR) is 74.3 cm³/mol. The molecule has 2 nitrogen and oxygen atoms in total. The lowest BCUT2D eigenvalue weighted by Gasteiger charge is -2.12. The Kier molecular flexibility index (Phi) is 4.51. The maximum Gasteiger partial charge on any atom is 0.0914 e. The molecule has 94 valence electrons. The van der Waals surface area contributed by atoms with Gasteiger partial charge in [-0.25, -0.2) is 0 Å². The molecule has 0 radical (unpaired) electrons. The standard InChI is InChI=1S/C16H19NO/c1-13-6-5-9-15(10-13)16(18)12-17-11-14-7-3-2-4-8-14/h2-10,16-18H,11-12H2,1H3/t16-/m0/s1. The van der Waals surface area contributed by atoms with E-state index in [0.717, 1.165) is 12.1 Å². The molecule has 0 saturated carbocycles. The van der Waals surface area contributed by atoms with Gasteiger partial charge in [0.15, 0.2) is 0 Å². The molecule has 0 fully saturated rings. The summed E-state index contributed by atoms with van der Waals surface area (Å²) in [5, 5.41) is 13.3. The summed E-state index contributed by atoms with van der Waals surface area (Å²) in [6, 6.07) is 18.2. The largest absolute Gasteiger partial charge is 0.387 e. The third-order valence-electron chi connectivity index (χ3n) is 2.94. The van der Waals surface area contributed by atoms with Gasteiger partial charge in [-0.3, -0.25) is 0 Å². The van der Waals surface area contributed by atoms with Crippen molar-refractivity contribution in [2.75, 3.05) is 6.54 Å². The predicted octanol–water partition coefficient (Wildman–Crippen LogP) is 2.82. The van der Waals surface area contributed by atoms with Crippen LogP contribution in [-0.2, 0) is 6.54 Å². The number of nitrogens with one attached hydrogen (secondary N) is 1. The van der Waals surface area contributed by atoms with Gasteiger partial charge in [0.05, 0.1) is 6.10 Å². The summed E-state index contributed by atoms with van der Waals surface area (Å²) in [7, 11) is 0. The van der Waals surface area contributed by atoms with Gasteiger partial charge in [-0.05, 0) is 18.1 Å². The highest BCUT2D eigenvalue weighted by Gasteiger charge is 2.06. The normalized spacial score (nSPS) is 12.3. The third kappa shape index (κ3) is 3.69. The van der Waals surface area contributed by atoms with Crippen LogP contribution in [0.2, 0.25) is 0 Å². The molecule has 0 aliphatic heterocycles. The second-order valence-corrected chi connectivity index (χ2v) is 4.55. The van der Waals surface area contributed by atoms with Crippen LogP contribution in [0.25, 0.3) is 0 Å². The molecule has 0 unspecified atom stereocenters. The molecule has 0 amide bonds. The molecule has 18 heavy (non-hydrogen) atoms. The van der Waals surface area contributed by atoms with Gasteiger partial charge in [0.2, 0.25) is 0 Å². The fourth-order valence-electron chi connectivity index (χ4n) is 1.94. The van der Waals surface area contributed by atoms with E-state index in [4.69, 9.17) is 0 Å². The topological polar surface area (TPSA) is 32.3 Å². The summed E-state index contributed by atoms with van der Waals surface area (Å²) in [5.74, 6) is 0. The zero-order chi connectivity index (χ0) is 12.8. The van der Waals surface area contributed by atoms with Crippen LogP contribution in [0.1, 0.15) is 22.8 Å². The highest BCUT2D eigenvalue weighted by Crippen LogP contribution is 2.13. The summed E-state index contributed by atoms with van der Waals surface area (Å²) in [6.45, 7) is 3.38. The number of aryl methyl sites for hydroxylation is 1. The molecule has 0 aromatic heterocycles. The highest BCUT2D eigenvalue weighted by atomic mass is 16.3. The first kappa shape index (κ1) is 12.8. The van der Waals surface area contributed by atoms with Gasteiger partial charge in [-0.2, -0.15) is 0 Å². The summed E-state index contributed by atoms with van der Waals surface area (Å²) >= 11 is 0. The molecule has 0 heterocycles. The Morgan fingerprint density at radius 1 is 1.06 bits per heavy atom. The molecule has 0 aliphatic carbocycles. The Hall–Kier alpha value is -1.64. The van der Waals surface area contributed by atoms with Crippen molar-refractivity contribution in [3.63, 3.8) is 0 Å². The minimum Gasteiger partial charge on any atom is -0.387 e. The summed E-state index contributed by atoms with van der Waals surface area (Å²) in [5.41, 5.74) is 3.37. The van der Waals surface area contributed by atoms with E-state index in [2.05, 4.69) is 17.4 Å². The van der Waals surface area contributed by atoms with Crippen LogP contribution in [-0.4, -0.2) is 11.7 Å². The Bertz CT molecular complexity index is 481. The van der Waals surface area contributed by atoms with Gasteiger partial charge in [0.25, 0.3) is 0 Å². The zero-order valence-corrected chi connectivity index (χ0v) is 10.6. The second kappa shape index (κ2) is 6.34. The number of aliphatic hydroxyl groups excluding tert-OH is 1. The first-order valence-electron chi connectivity index (χ1n) is 6.25. The average Bonchev–Trinajstić information content (AvgIpc) is 2.40. The third-order valence-corrected chi connectivity index (χ3v) is 2.94. The molecule has 2 aromatic carbocycles. The summed E-state index contributed by atoms with van der Waals surface area (Å²) < 4.78 is 0. The molecular weight excluding hydrogens is 222 g/mol. The van der Waals surface area contributed by atoms with Gasteiger partial charge in [-0.15, -0.1) is 0 Å². The molecule has 2 rings (SSSR count). The molecule has 2 aromatic rings. The molecule has 1 atom stereocenters. The van der Waals surface area contributed by atoms with E-state index in [-0.39, 0.29) is 0 Å². The minimum atomic E-state index is -0.450. The van der Waals surface area contributed by atoms with Crippen molar-refractivity contribution in [1.82, 2.24) is 5.32 Å². The van der Waals surface area contributed by atoms with Crippen LogP contribution in [0.15, 0.2) is 54.6 Å². The number of rotatable bonds is 5. The van der Waals surface area contributed by atoms with E-state index in [0.29, 0.717) is 6.54 Å². The molecular formula is C16H19NO.